The van der Waals surface area contributed by atoms with E-state index in [1.807, 2.05) is 66.8 Å². The van der Waals surface area contributed by atoms with Crippen LogP contribution in [0, 0.1) is 0 Å². The van der Waals surface area contributed by atoms with E-state index in [9.17, 15) is 5.11 Å². The number of aliphatic hydroxyl groups excluding tert-OH is 1. The van der Waals surface area contributed by atoms with Crippen LogP contribution in [0.1, 0.15) is 23.5 Å². The van der Waals surface area contributed by atoms with Crippen LogP contribution in [0.4, 0.5) is 0 Å². The lowest BCUT2D eigenvalue weighted by Gasteiger charge is -2.12. The molecule has 23 heavy (non-hydrogen) atoms. The number of rotatable bonds is 9. The maximum atomic E-state index is 10.1. The molecule has 0 spiro atoms. The Morgan fingerprint density at radius 3 is 2.26 bits per heavy atom. The summed E-state index contributed by atoms with van der Waals surface area (Å²) < 4.78 is 5.56. The molecule has 2 aromatic rings. The number of allylic oxidation sites excluding steroid dienone is 2. The first-order chi connectivity index (χ1) is 11.3. The van der Waals surface area contributed by atoms with E-state index in [2.05, 4.69) is 18.7 Å². The Balaban J connectivity index is 1.83. The second kappa shape index (κ2) is 9.78. The fraction of sp³-hybridized carbons (Fsp3) is 0.238. The summed E-state index contributed by atoms with van der Waals surface area (Å²) in [6.45, 7) is 4.62. The van der Waals surface area contributed by atoms with E-state index in [1.165, 1.54) is 5.56 Å². The molecule has 0 saturated carbocycles. The Labute approximate surface area is 138 Å². The first kappa shape index (κ1) is 17.2. The van der Waals surface area contributed by atoms with Gasteiger partial charge in [-0.2, -0.15) is 0 Å². The highest BCUT2D eigenvalue weighted by Crippen LogP contribution is 2.21. The summed E-state index contributed by atoms with van der Waals surface area (Å²) in [6.07, 6.45) is 5.99. The molecule has 0 radical (unpaired) electrons. The lowest BCUT2D eigenvalue weighted by Crippen LogP contribution is -2.12. The van der Waals surface area contributed by atoms with Gasteiger partial charge in [-0.1, -0.05) is 78.9 Å². The summed E-state index contributed by atoms with van der Waals surface area (Å²) >= 11 is 0. The SMILES string of the molecule is C=CCC(/C=C/C(O)COCc1ccccc1)c1ccccc1. The van der Waals surface area contributed by atoms with E-state index < -0.39 is 6.10 Å². The predicted octanol–water partition coefficient (Wildman–Crippen LogP) is 4.48. The summed E-state index contributed by atoms with van der Waals surface area (Å²) in [7, 11) is 0. The van der Waals surface area contributed by atoms with Gasteiger partial charge in [0.1, 0.15) is 0 Å². The third-order valence-electron chi connectivity index (χ3n) is 3.61. The van der Waals surface area contributed by atoms with Crippen molar-refractivity contribution in [2.24, 2.45) is 0 Å². The summed E-state index contributed by atoms with van der Waals surface area (Å²) in [5.74, 6) is 0.234. The van der Waals surface area contributed by atoms with Gasteiger partial charge >= 0.3 is 0 Å². The van der Waals surface area contributed by atoms with Gasteiger partial charge in [-0.25, -0.2) is 0 Å². The first-order valence-electron chi connectivity index (χ1n) is 7.93. The molecule has 120 valence electrons. The van der Waals surface area contributed by atoms with Gasteiger partial charge in [-0.05, 0) is 17.5 Å². The van der Waals surface area contributed by atoms with Crippen LogP contribution >= 0.6 is 0 Å². The van der Waals surface area contributed by atoms with Crippen LogP contribution in [-0.2, 0) is 11.3 Å². The fourth-order valence-corrected chi connectivity index (χ4v) is 2.40. The average Bonchev–Trinajstić information content (AvgIpc) is 2.60. The van der Waals surface area contributed by atoms with Crippen molar-refractivity contribution in [3.05, 3.63) is 96.6 Å². The van der Waals surface area contributed by atoms with Crippen molar-refractivity contribution in [3.8, 4) is 0 Å². The van der Waals surface area contributed by atoms with Crippen LogP contribution in [0.15, 0.2) is 85.5 Å². The lowest BCUT2D eigenvalue weighted by molar-refractivity contribution is 0.0502. The molecule has 2 atom stereocenters. The third-order valence-corrected chi connectivity index (χ3v) is 3.61. The third kappa shape index (κ3) is 6.23. The fourth-order valence-electron chi connectivity index (χ4n) is 2.40. The van der Waals surface area contributed by atoms with Crippen LogP contribution in [-0.4, -0.2) is 17.8 Å². The maximum Gasteiger partial charge on any atom is 0.0954 e. The molecule has 0 aliphatic carbocycles. The van der Waals surface area contributed by atoms with Crippen molar-refractivity contribution in [2.45, 2.75) is 25.0 Å². The van der Waals surface area contributed by atoms with Crippen LogP contribution < -0.4 is 0 Å². The van der Waals surface area contributed by atoms with Gasteiger partial charge in [0, 0.05) is 5.92 Å². The van der Waals surface area contributed by atoms with Gasteiger partial charge in [0.25, 0.3) is 0 Å². The maximum absolute atomic E-state index is 10.1. The topological polar surface area (TPSA) is 29.5 Å². The summed E-state index contributed by atoms with van der Waals surface area (Å²) in [6, 6.07) is 20.2. The molecule has 0 heterocycles. The number of benzene rings is 2. The summed E-state index contributed by atoms with van der Waals surface area (Å²) in [5, 5.41) is 10.1. The highest BCUT2D eigenvalue weighted by molar-refractivity contribution is 5.25. The lowest BCUT2D eigenvalue weighted by atomic mass is 9.95. The van der Waals surface area contributed by atoms with E-state index in [0.29, 0.717) is 13.2 Å². The van der Waals surface area contributed by atoms with Crippen molar-refractivity contribution in [1.29, 1.82) is 0 Å². The molecular weight excluding hydrogens is 284 g/mol. The molecule has 0 bridgehead atoms. The van der Waals surface area contributed by atoms with E-state index in [0.717, 1.165) is 12.0 Å². The van der Waals surface area contributed by atoms with Crippen LogP contribution in [0.3, 0.4) is 0 Å². The molecule has 0 aliphatic rings. The predicted molar refractivity (Wildman–Crippen MR) is 95.2 cm³/mol. The van der Waals surface area contributed by atoms with Crippen molar-refractivity contribution in [3.63, 3.8) is 0 Å². The standard InChI is InChI=1S/C21H24O2/c1-2-9-19(20-12-7-4-8-13-20)14-15-21(22)17-23-16-18-10-5-3-6-11-18/h2-8,10-15,19,21-22H,1,9,16-17H2/b15-14+. The normalized spacial score (nSPS) is 13.8. The summed E-state index contributed by atoms with van der Waals surface area (Å²) in [5.41, 5.74) is 2.33. The Morgan fingerprint density at radius 2 is 1.61 bits per heavy atom. The summed E-state index contributed by atoms with van der Waals surface area (Å²) in [4.78, 5) is 0. The molecule has 0 amide bonds. The highest BCUT2D eigenvalue weighted by atomic mass is 16.5. The number of hydrogen-bond donors (Lipinski definition) is 1. The van der Waals surface area contributed by atoms with Gasteiger partial charge in [-0.15, -0.1) is 6.58 Å². The zero-order valence-corrected chi connectivity index (χ0v) is 13.3. The van der Waals surface area contributed by atoms with E-state index in [-0.39, 0.29) is 5.92 Å². The highest BCUT2D eigenvalue weighted by Gasteiger charge is 2.07. The number of ether oxygens (including phenoxy) is 1. The minimum atomic E-state index is -0.602. The minimum Gasteiger partial charge on any atom is -0.387 e. The molecule has 1 N–H and O–H groups in total. The smallest absolute Gasteiger partial charge is 0.0954 e. The Bertz CT molecular complexity index is 590. The van der Waals surface area contributed by atoms with E-state index >= 15 is 0 Å². The Kier molecular flexibility index (Phi) is 7.31. The van der Waals surface area contributed by atoms with Crippen molar-refractivity contribution in [2.75, 3.05) is 6.61 Å². The molecule has 2 rings (SSSR count). The van der Waals surface area contributed by atoms with Crippen molar-refractivity contribution < 1.29 is 9.84 Å². The molecule has 2 unspecified atom stereocenters. The van der Waals surface area contributed by atoms with Gasteiger partial charge in [0.05, 0.1) is 19.3 Å². The molecule has 2 nitrogen and oxygen atoms in total. The molecule has 2 aromatic carbocycles. The monoisotopic (exact) mass is 308 g/mol. The zero-order valence-electron chi connectivity index (χ0n) is 13.3. The van der Waals surface area contributed by atoms with Crippen molar-refractivity contribution >= 4 is 0 Å². The zero-order chi connectivity index (χ0) is 16.3. The Morgan fingerprint density at radius 1 is 0.957 bits per heavy atom. The van der Waals surface area contributed by atoms with E-state index in [4.69, 9.17) is 4.74 Å². The molecule has 0 saturated heterocycles. The molecule has 0 aromatic heterocycles. The quantitative estimate of drug-likeness (QED) is 0.692. The van der Waals surface area contributed by atoms with Gasteiger partial charge in [0.2, 0.25) is 0 Å². The van der Waals surface area contributed by atoms with Gasteiger partial charge < -0.3 is 9.84 Å². The molecule has 2 heteroatoms. The van der Waals surface area contributed by atoms with E-state index in [1.54, 1.807) is 0 Å². The molecule has 0 fully saturated rings. The average molecular weight is 308 g/mol. The molecular formula is C21H24O2. The minimum absolute atomic E-state index is 0.234. The largest absolute Gasteiger partial charge is 0.387 e. The van der Waals surface area contributed by atoms with Gasteiger partial charge in [-0.3, -0.25) is 0 Å². The number of hydrogen-bond acceptors (Lipinski definition) is 2. The van der Waals surface area contributed by atoms with Crippen LogP contribution in [0.2, 0.25) is 0 Å². The van der Waals surface area contributed by atoms with Crippen molar-refractivity contribution in [1.82, 2.24) is 0 Å². The van der Waals surface area contributed by atoms with Crippen LogP contribution in [0.25, 0.3) is 0 Å². The van der Waals surface area contributed by atoms with Crippen LogP contribution in [0.5, 0.6) is 0 Å². The molecule has 0 aliphatic heterocycles. The first-order valence-corrected chi connectivity index (χ1v) is 7.93. The Hall–Kier alpha value is -2.16. The number of aliphatic hydroxyl groups is 1. The second-order valence-corrected chi connectivity index (χ2v) is 5.49. The second-order valence-electron chi connectivity index (χ2n) is 5.49. The van der Waals surface area contributed by atoms with Gasteiger partial charge in [0.15, 0.2) is 0 Å².